The maximum Gasteiger partial charge on any atom is 0.271 e. The topological polar surface area (TPSA) is 130 Å². The molecule has 2 fully saturated rings. The van der Waals surface area contributed by atoms with Gasteiger partial charge in [-0.05, 0) is 31.0 Å². The number of carbonyl (C=O) groups is 1. The molecule has 0 saturated carbocycles. The standard InChI is InChI=1S/C18H21N7O3S/c1-23-14(4-5-15(23)29(19,27)28)18(26)25-11-2-3-12(25)9-24(8-11)17-13-6-7-20-16(13)21-10-22-17/h4-7,10-12H,2-3,8-9H2,1H3,(H2,19,27,28)(H,20,21,22). The predicted molar refractivity (Wildman–Crippen MR) is 106 cm³/mol. The van der Waals surface area contributed by atoms with Crippen molar-refractivity contribution in [2.24, 2.45) is 12.2 Å². The first-order valence-electron chi connectivity index (χ1n) is 9.39. The monoisotopic (exact) mass is 415 g/mol. The summed E-state index contributed by atoms with van der Waals surface area (Å²) in [4.78, 5) is 29.2. The highest BCUT2D eigenvalue weighted by Crippen LogP contribution is 2.35. The Morgan fingerprint density at radius 3 is 2.55 bits per heavy atom. The number of amides is 1. The Balaban J connectivity index is 1.43. The second-order valence-corrected chi connectivity index (χ2v) is 9.11. The van der Waals surface area contributed by atoms with Crippen LogP contribution in [0.3, 0.4) is 0 Å². The third-order valence-corrected chi connectivity index (χ3v) is 6.93. The third-order valence-electron chi connectivity index (χ3n) is 5.94. The van der Waals surface area contributed by atoms with Crippen LogP contribution in [-0.4, -0.2) is 63.9 Å². The molecular formula is C18H21N7O3S. The van der Waals surface area contributed by atoms with E-state index in [-0.39, 0.29) is 23.0 Å². The van der Waals surface area contributed by atoms with Crippen LogP contribution in [0.25, 0.3) is 11.0 Å². The van der Waals surface area contributed by atoms with E-state index < -0.39 is 10.0 Å². The van der Waals surface area contributed by atoms with Crippen molar-refractivity contribution in [1.29, 1.82) is 0 Å². The number of nitrogens with one attached hydrogen (secondary N) is 1. The highest BCUT2D eigenvalue weighted by Gasteiger charge is 2.44. The summed E-state index contributed by atoms with van der Waals surface area (Å²) in [6, 6.07) is 4.95. The number of nitrogens with zero attached hydrogens (tertiary/aromatic N) is 5. The van der Waals surface area contributed by atoms with Gasteiger partial charge in [0.1, 0.15) is 23.5 Å². The number of carbonyl (C=O) groups excluding carboxylic acids is 1. The van der Waals surface area contributed by atoms with Crippen LogP contribution in [0.1, 0.15) is 23.3 Å². The van der Waals surface area contributed by atoms with Gasteiger partial charge in [-0.1, -0.05) is 0 Å². The van der Waals surface area contributed by atoms with Gasteiger partial charge in [0, 0.05) is 26.3 Å². The molecule has 3 aromatic rings. The predicted octanol–water partition coefficient (Wildman–Crippen LogP) is 0.437. The van der Waals surface area contributed by atoms with Crippen LogP contribution in [0.5, 0.6) is 0 Å². The minimum absolute atomic E-state index is 0.0399. The quantitative estimate of drug-likeness (QED) is 0.638. The minimum atomic E-state index is -3.88. The SMILES string of the molecule is Cn1c(C(=O)N2C3CCC2CN(c2ncnc4[nH]ccc24)C3)ccc1S(N)(=O)=O. The number of piperazine rings is 1. The van der Waals surface area contributed by atoms with Crippen molar-refractivity contribution < 1.29 is 13.2 Å². The van der Waals surface area contributed by atoms with Crippen LogP contribution >= 0.6 is 0 Å². The number of hydrogen-bond donors (Lipinski definition) is 2. The van der Waals surface area contributed by atoms with Crippen LogP contribution in [0.4, 0.5) is 5.82 Å². The fraction of sp³-hybridized carbons (Fsp3) is 0.389. The van der Waals surface area contributed by atoms with Crippen molar-refractivity contribution in [2.75, 3.05) is 18.0 Å². The van der Waals surface area contributed by atoms with Crippen molar-refractivity contribution in [3.8, 4) is 0 Å². The Labute approximate surface area is 167 Å². The van der Waals surface area contributed by atoms with E-state index in [1.807, 2.05) is 17.2 Å². The summed E-state index contributed by atoms with van der Waals surface area (Å²) in [7, 11) is -2.33. The maximum absolute atomic E-state index is 13.3. The second-order valence-electron chi connectivity index (χ2n) is 7.60. The van der Waals surface area contributed by atoms with E-state index in [2.05, 4.69) is 19.9 Å². The van der Waals surface area contributed by atoms with E-state index in [4.69, 9.17) is 5.14 Å². The first-order valence-corrected chi connectivity index (χ1v) is 10.9. The third kappa shape index (κ3) is 2.80. The average molecular weight is 415 g/mol. The Kier molecular flexibility index (Phi) is 3.93. The van der Waals surface area contributed by atoms with Crippen molar-refractivity contribution in [2.45, 2.75) is 30.0 Å². The zero-order valence-corrected chi connectivity index (χ0v) is 16.6. The van der Waals surface area contributed by atoms with Crippen molar-refractivity contribution >= 4 is 32.8 Å². The molecule has 2 atom stereocenters. The molecule has 0 aromatic carbocycles. The Morgan fingerprint density at radius 1 is 1.17 bits per heavy atom. The molecule has 2 bridgehead atoms. The zero-order chi connectivity index (χ0) is 20.3. The fourth-order valence-corrected chi connectivity index (χ4v) is 5.38. The summed E-state index contributed by atoms with van der Waals surface area (Å²) in [5, 5.41) is 6.14. The molecular weight excluding hydrogens is 394 g/mol. The smallest absolute Gasteiger partial charge is 0.271 e. The van der Waals surface area contributed by atoms with Gasteiger partial charge >= 0.3 is 0 Å². The number of aromatic nitrogens is 4. The number of anilines is 1. The minimum Gasteiger partial charge on any atom is -0.352 e. The molecule has 2 unspecified atom stereocenters. The van der Waals surface area contributed by atoms with E-state index in [0.29, 0.717) is 18.8 Å². The Hall–Kier alpha value is -2.92. The highest BCUT2D eigenvalue weighted by molar-refractivity contribution is 7.89. The molecule has 2 saturated heterocycles. The summed E-state index contributed by atoms with van der Waals surface area (Å²) >= 11 is 0. The van der Waals surface area contributed by atoms with Gasteiger partial charge in [0.2, 0.25) is 0 Å². The van der Waals surface area contributed by atoms with Crippen LogP contribution in [-0.2, 0) is 17.1 Å². The van der Waals surface area contributed by atoms with Crippen LogP contribution in [0.2, 0.25) is 0 Å². The number of fused-ring (bicyclic) bond motifs is 3. The summed E-state index contributed by atoms with van der Waals surface area (Å²) in [6.45, 7) is 1.35. The van der Waals surface area contributed by atoms with Gasteiger partial charge in [0.25, 0.3) is 15.9 Å². The summed E-state index contributed by atoms with van der Waals surface area (Å²) in [6.07, 6.45) is 5.20. The summed E-state index contributed by atoms with van der Waals surface area (Å²) in [5.74, 6) is 0.708. The van der Waals surface area contributed by atoms with Gasteiger partial charge in [-0.15, -0.1) is 0 Å². The first-order chi connectivity index (χ1) is 13.8. The molecule has 0 aliphatic carbocycles. The summed E-state index contributed by atoms with van der Waals surface area (Å²) in [5.41, 5.74) is 1.12. The van der Waals surface area contributed by atoms with Gasteiger partial charge in [0.15, 0.2) is 5.03 Å². The number of primary sulfonamides is 1. The first kappa shape index (κ1) is 18.1. The lowest BCUT2D eigenvalue weighted by molar-refractivity contribution is 0.0630. The second kappa shape index (κ2) is 6.29. The molecule has 1 amide bonds. The largest absolute Gasteiger partial charge is 0.352 e. The van der Waals surface area contributed by atoms with Crippen molar-refractivity contribution in [3.05, 3.63) is 36.4 Å². The van der Waals surface area contributed by atoms with Crippen LogP contribution < -0.4 is 10.0 Å². The van der Waals surface area contributed by atoms with E-state index in [1.165, 1.54) is 16.7 Å². The number of hydrogen-bond acceptors (Lipinski definition) is 6. The molecule has 0 radical (unpaired) electrons. The van der Waals surface area contributed by atoms with E-state index in [0.717, 1.165) is 29.7 Å². The van der Waals surface area contributed by atoms with Gasteiger partial charge < -0.3 is 19.4 Å². The number of H-pyrrole nitrogens is 1. The molecule has 2 aliphatic rings. The van der Waals surface area contributed by atoms with Gasteiger partial charge in [0.05, 0.1) is 17.5 Å². The Morgan fingerprint density at radius 2 is 1.90 bits per heavy atom. The van der Waals surface area contributed by atoms with E-state index in [1.54, 1.807) is 13.4 Å². The normalized spacial score (nSPS) is 21.9. The molecule has 29 heavy (non-hydrogen) atoms. The van der Waals surface area contributed by atoms with E-state index >= 15 is 0 Å². The number of aromatic amines is 1. The fourth-order valence-electron chi connectivity index (χ4n) is 4.64. The van der Waals surface area contributed by atoms with Gasteiger partial charge in [-0.2, -0.15) is 0 Å². The van der Waals surface area contributed by atoms with Crippen LogP contribution in [0, 0.1) is 0 Å². The highest BCUT2D eigenvalue weighted by atomic mass is 32.2. The molecule has 11 heteroatoms. The van der Waals surface area contributed by atoms with Crippen molar-refractivity contribution in [1.82, 2.24) is 24.4 Å². The Bertz CT molecular complexity index is 1200. The number of nitrogens with two attached hydrogens (primary N) is 1. The number of sulfonamides is 1. The van der Waals surface area contributed by atoms with Crippen molar-refractivity contribution in [3.63, 3.8) is 0 Å². The summed E-state index contributed by atoms with van der Waals surface area (Å²) < 4.78 is 24.8. The molecule has 5 heterocycles. The van der Waals surface area contributed by atoms with Gasteiger partial charge in [-0.25, -0.2) is 23.5 Å². The molecule has 3 N–H and O–H groups in total. The molecule has 5 rings (SSSR count). The average Bonchev–Trinajstić information content (AvgIpc) is 3.36. The van der Waals surface area contributed by atoms with Gasteiger partial charge in [-0.3, -0.25) is 4.79 Å². The van der Waals surface area contributed by atoms with Crippen LogP contribution in [0.15, 0.2) is 35.7 Å². The lowest BCUT2D eigenvalue weighted by atomic mass is 10.1. The molecule has 3 aromatic heterocycles. The molecule has 0 spiro atoms. The molecule has 2 aliphatic heterocycles. The zero-order valence-electron chi connectivity index (χ0n) is 15.8. The number of rotatable bonds is 3. The molecule has 10 nitrogen and oxygen atoms in total. The lowest BCUT2D eigenvalue weighted by Gasteiger charge is -2.41. The lowest BCUT2D eigenvalue weighted by Crippen LogP contribution is -2.56. The van der Waals surface area contributed by atoms with E-state index in [9.17, 15) is 13.2 Å². The molecule has 152 valence electrons. The maximum atomic E-state index is 13.3.